The van der Waals surface area contributed by atoms with Crippen LogP contribution in [0.3, 0.4) is 0 Å². The number of aliphatic carboxylic acids is 1. The lowest BCUT2D eigenvalue weighted by Crippen LogP contribution is -2.27. The number of anilines is 1. The van der Waals surface area contributed by atoms with E-state index in [9.17, 15) is 9.59 Å². The Balaban J connectivity index is 1.86. The second kappa shape index (κ2) is 8.64. The average molecular weight is 436 g/mol. The lowest BCUT2D eigenvalue weighted by molar-refractivity contribution is -0.139. The minimum atomic E-state index is -1.09. The Kier molecular flexibility index (Phi) is 6.23. The molecule has 144 valence electrons. The van der Waals surface area contributed by atoms with Crippen molar-refractivity contribution in [3.05, 3.63) is 58.0 Å². The van der Waals surface area contributed by atoms with Crippen molar-refractivity contribution in [2.24, 2.45) is 0 Å². The molecule has 1 fully saturated rings. The summed E-state index contributed by atoms with van der Waals surface area (Å²) in [4.78, 5) is 25.4. The van der Waals surface area contributed by atoms with Crippen LogP contribution < -0.4 is 14.4 Å². The van der Waals surface area contributed by atoms with Crippen LogP contribution in [0.25, 0.3) is 6.08 Å². The number of carbonyl (C=O) groups excluding carboxylic acids is 1. The molecule has 1 aliphatic heterocycles. The van der Waals surface area contributed by atoms with Crippen LogP contribution in [0.5, 0.6) is 11.5 Å². The molecule has 6 nitrogen and oxygen atoms in total. The number of rotatable bonds is 6. The van der Waals surface area contributed by atoms with E-state index >= 15 is 0 Å². The fourth-order valence-electron chi connectivity index (χ4n) is 2.49. The Hall–Kier alpha value is -2.55. The second-order valence-electron chi connectivity index (χ2n) is 5.59. The largest absolute Gasteiger partial charge is 0.493 e. The Morgan fingerprint density at radius 3 is 2.75 bits per heavy atom. The van der Waals surface area contributed by atoms with Crippen LogP contribution in [-0.4, -0.2) is 35.0 Å². The Morgan fingerprint density at radius 2 is 2.07 bits per heavy atom. The van der Waals surface area contributed by atoms with Crippen LogP contribution in [-0.2, 0) is 9.59 Å². The number of thioether (sulfide) groups is 1. The number of nitrogens with zero attached hydrogens (tertiary/aromatic N) is 1. The van der Waals surface area contributed by atoms with Crippen molar-refractivity contribution >= 4 is 63.5 Å². The molecular formula is C19H14ClNO5S2. The highest BCUT2D eigenvalue weighted by atomic mass is 35.5. The van der Waals surface area contributed by atoms with Crippen LogP contribution in [0.15, 0.2) is 47.4 Å². The number of methoxy groups -OCH3 is 1. The van der Waals surface area contributed by atoms with E-state index in [0.717, 1.165) is 0 Å². The predicted molar refractivity (Wildman–Crippen MR) is 113 cm³/mol. The van der Waals surface area contributed by atoms with Gasteiger partial charge in [0.15, 0.2) is 22.4 Å². The van der Waals surface area contributed by atoms with Crippen LogP contribution in [0.2, 0.25) is 5.02 Å². The highest BCUT2D eigenvalue weighted by Gasteiger charge is 2.33. The molecule has 0 radical (unpaired) electrons. The number of benzene rings is 2. The molecule has 2 aromatic carbocycles. The number of carbonyl (C=O) groups is 2. The number of hydrogen-bond donors (Lipinski definition) is 1. The van der Waals surface area contributed by atoms with Gasteiger partial charge in [0.25, 0.3) is 5.91 Å². The number of carboxylic acid groups (broad SMARTS) is 1. The maximum Gasteiger partial charge on any atom is 0.341 e. The zero-order valence-corrected chi connectivity index (χ0v) is 16.9. The number of hydrogen-bond acceptors (Lipinski definition) is 6. The van der Waals surface area contributed by atoms with Crippen molar-refractivity contribution in [1.82, 2.24) is 0 Å². The lowest BCUT2D eigenvalue weighted by atomic mass is 10.2. The van der Waals surface area contributed by atoms with Gasteiger partial charge in [-0.1, -0.05) is 47.7 Å². The molecule has 28 heavy (non-hydrogen) atoms. The van der Waals surface area contributed by atoms with E-state index in [1.807, 2.05) is 0 Å². The van der Waals surface area contributed by atoms with Crippen molar-refractivity contribution in [2.45, 2.75) is 0 Å². The van der Waals surface area contributed by atoms with E-state index in [-0.39, 0.29) is 5.91 Å². The average Bonchev–Trinajstić information content (AvgIpc) is 2.93. The fraction of sp³-hybridized carbons (Fsp3) is 0.105. The number of ether oxygens (including phenoxy) is 2. The summed E-state index contributed by atoms with van der Waals surface area (Å²) in [6.07, 6.45) is 1.69. The molecule has 0 atom stereocenters. The van der Waals surface area contributed by atoms with Crippen molar-refractivity contribution in [3.63, 3.8) is 0 Å². The van der Waals surface area contributed by atoms with Gasteiger partial charge in [-0.05, 0) is 42.0 Å². The van der Waals surface area contributed by atoms with E-state index in [0.29, 0.717) is 37.0 Å². The van der Waals surface area contributed by atoms with Gasteiger partial charge in [-0.25, -0.2) is 4.79 Å². The SMILES string of the molecule is COc1cc(C=C2SC(=S)N(c3cccc(Cl)c3)C2=O)ccc1OCC(=O)O. The van der Waals surface area contributed by atoms with E-state index in [1.165, 1.54) is 23.8 Å². The van der Waals surface area contributed by atoms with E-state index in [4.69, 9.17) is 38.4 Å². The van der Waals surface area contributed by atoms with Gasteiger partial charge in [-0.2, -0.15) is 0 Å². The minimum Gasteiger partial charge on any atom is -0.493 e. The number of thiocarbonyl (C=S) groups is 1. The number of amides is 1. The highest BCUT2D eigenvalue weighted by Crippen LogP contribution is 2.37. The van der Waals surface area contributed by atoms with Gasteiger partial charge >= 0.3 is 5.97 Å². The molecule has 1 heterocycles. The van der Waals surface area contributed by atoms with Gasteiger partial charge in [-0.15, -0.1) is 0 Å². The van der Waals surface area contributed by atoms with Gasteiger partial charge < -0.3 is 14.6 Å². The second-order valence-corrected chi connectivity index (χ2v) is 7.70. The summed E-state index contributed by atoms with van der Waals surface area (Å²) in [5.41, 5.74) is 1.29. The van der Waals surface area contributed by atoms with Crippen molar-refractivity contribution in [1.29, 1.82) is 0 Å². The van der Waals surface area contributed by atoms with Crippen molar-refractivity contribution in [2.75, 3.05) is 18.6 Å². The maximum atomic E-state index is 12.8. The monoisotopic (exact) mass is 435 g/mol. The first-order valence-corrected chi connectivity index (χ1v) is 9.55. The van der Waals surface area contributed by atoms with Crippen LogP contribution in [0, 0.1) is 0 Å². The van der Waals surface area contributed by atoms with Gasteiger partial charge in [0.1, 0.15) is 0 Å². The van der Waals surface area contributed by atoms with Crippen molar-refractivity contribution < 1.29 is 24.2 Å². The summed E-state index contributed by atoms with van der Waals surface area (Å²) in [6, 6.07) is 11.9. The van der Waals surface area contributed by atoms with Crippen LogP contribution >= 0.6 is 35.6 Å². The molecule has 1 N–H and O–H groups in total. The molecule has 0 aromatic heterocycles. The Morgan fingerprint density at radius 1 is 1.29 bits per heavy atom. The molecular weight excluding hydrogens is 422 g/mol. The molecule has 3 rings (SSSR count). The first-order chi connectivity index (χ1) is 13.4. The molecule has 1 amide bonds. The predicted octanol–water partition coefficient (Wildman–Crippen LogP) is 4.22. The lowest BCUT2D eigenvalue weighted by Gasteiger charge is -2.14. The zero-order valence-electron chi connectivity index (χ0n) is 14.5. The maximum absolute atomic E-state index is 12.8. The third-order valence-corrected chi connectivity index (χ3v) is 5.23. The fourth-order valence-corrected chi connectivity index (χ4v) is 3.97. The first kappa shape index (κ1) is 20.2. The molecule has 2 aromatic rings. The summed E-state index contributed by atoms with van der Waals surface area (Å²) in [6.45, 7) is -0.478. The minimum absolute atomic E-state index is 0.248. The van der Waals surface area contributed by atoms with Crippen molar-refractivity contribution in [3.8, 4) is 11.5 Å². The molecule has 1 aliphatic rings. The van der Waals surface area contributed by atoms with Gasteiger partial charge in [0.2, 0.25) is 0 Å². The zero-order chi connectivity index (χ0) is 20.3. The molecule has 0 unspecified atom stereocenters. The summed E-state index contributed by atoms with van der Waals surface area (Å²) in [5.74, 6) is -0.674. The van der Waals surface area contributed by atoms with Crippen LogP contribution in [0.1, 0.15) is 5.56 Å². The Bertz CT molecular complexity index is 992. The number of halogens is 1. The summed E-state index contributed by atoms with van der Waals surface area (Å²) in [5, 5.41) is 9.24. The summed E-state index contributed by atoms with van der Waals surface area (Å²) in [7, 11) is 1.45. The third-order valence-electron chi connectivity index (χ3n) is 3.70. The van der Waals surface area contributed by atoms with E-state index < -0.39 is 12.6 Å². The number of carboxylic acids is 1. The van der Waals surface area contributed by atoms with Gasteiger partial charge in [-0.3, -0.25) is 9.69 Å². The van der Waals surface area contributed by atoms with Gasteiger partial charge in [0, 0.05) is 5.02 Å². The quantitative estimate of drug-likeness (QED) is 0.537. The smallest absolute Gasteiger partial charge is 0.341 e. The Labute approximate surface area is 175 Å². The highest BCUT2D eigenvalue weighted by molar-refractivity contribution is 8.27. The molecule has 0 saturated carbocycles. The molecule has 0 aliphatic carbocycles. The molecule has 9 heteroatoms. The van der Waals surface area contributed by atoms with Crippen LogP contribution in [0.4, 0.5) is 5.69 Å². The first-order valence-electron chi connectivity index (χ1n) is 7.95. The standard InChI is InChI=1S/C19H14ClNO5S2/c1-25-15-7-11(5-6-14(15)26-10-17(22)23)8-16-18(24)21(19(27)28-16)13-4-2-3-12(20)9-13/h2-9H,10H2,1H3,(H,22,23). The summed E-state index contributed by atoms with van der Waals surface area (Å²) >= 11 is 12.5. The van der Waals surface area contributed by atoms with E-state index in [2.05, 4.69) is 0 Å². The topological polar surface area (TPSA) is 76.1 Å². The third kappa shape index (κ3) is 4.46. The van der Waals surface area contributed by atoms with E-state index in [1.54, 1.807) is 48.5 Å². The normalized spacial score (nSPS) is 15.2. The summed E-state index contributed by atoms with van der Waals surface area (Å²) < 4.78 is 10.8. The molecule has 0 bridgehead atoms. The van der Waals surface area contributed by atoms with Gasteiger partial charge in [0.05, 0.1) is 17.7 Å². The molecule has 1 saturated heterocycles. The molecule has 0 spiro atoms.